The van der Waals surface area contributed by atoms with Crippen molar-refractivity contribution < 1.29 is 9.53 Å². The molecule has 110 valence electrons. The number of carbonyl (C=O) groups is 1. The van der Waals surface area contributed by atoms with Crippen LogP contribution in [0.1, 0.15) is 43.0 Å². The van der Waals surface area contributed by atoms with Crippen molar-refractivity contribution in [2.45, 2.75) is 32.6 Å². The highest BCUT2D eigenvalue weighted by Gasteiger charge is 2.11. The van der Waals surface area contributed by atoms with Crippen LogP contribution in [0.4, 0.5) is 5.69 Å². The molecule has 1 aliphatic heterocycles. The van der Waals surface area contributed by atoms with E-state index in [9.17, 15) is 4.79 Å². The predicted octanol–water partition coefficient (Wildman–Crippen LogP) is 2.73. The lowest BCUT2D eigenvalue weighted by atomic mass is 10.1. The average molecular weight is 276 g/mol. The summed E-state index contributed by atoms with van der Waals surface area (Å²) in [6.45, 7) is 5.77. The fourth-order valence-corrected chi connectivity index (χ4v) is 2.53. The Morgan fingerprint density at radius 1 is 1.30 bits per heavy atom. The second kappa shape index (κ2) is 7.29. The van der Waals surface area contributed by atoms with E-state index in [1.165, 1.54) is 32.4 Å². The van der Waals surface area contributed by atoms with Crippen LogP contribution in [0.5, 0.6) is 5.75 Å². The summed E-state index contributed by atoms with van der Waals surface area (Å²) in [7, 11) is 0. The number of Topliss-reactive ketones (excluding diaryl/α,β-unsaturated/α-hetero) is 1. The highest BCUT2D eigenvalue weighted by molar-refractivity contribution is 5.97. The first-order chi connectivity index (χ1) is 9.70. The number of hydrogen-bond donors (Lipinski definition) is 1. The highest BCUT2D eigenvalue weighted by atomic mass is 16.5. The number of ketones is 1. The molecule has 1 saturated heterocycles. The van der Waals surface area contributed by atoms with Crippen LogP contribution in [0.25, 0.3) is 0 Å². The van der Waals surface area contributed by atoms with E-state index in [0.29, 0.717) is 30.0 Å². The Hall–Kier alpha value is -1.55. The maximum Gasteiger partial charge on any atom is 0.162 e. The molecule has 0 radical (unpaired) electrons. The maximum atomic E-state index is 11.6. The molecule has 4 heteroatoms. The van der Waals surface area contributed by atoms with Gasteiger partial charge in [-0.2, -0.15) is 0 Å². The number of ether oxygens (including phenoxy) is 1. The number of piperidine rings is 1. The van der Waals surface area contributed by atoms with Gasteiger partial charge in [0.1, 0.15) is 12.4 Å². The fraction of sp³-hybridized carbons (Fsp3) is 0.562. The third-order valence-electron chi connectivity index (χ3n) is 3.77. The van der Waals surface area contributed by atoms with Crippen molar-refractivity contribution in [2.75, 3.05) is 32.0 Å². The van der Waals surface area contributed by atoms with Crippen molar-refractivity contribution in [1.29, 1.82) is 0 Å². The number of nitrogens with zero attached hydrogens (tertiary/aromatic N) is 1. The van der Waals surface area contributed by atoms with Crippen molar-refractivity contribution in [3.63, 3.8) is 0 Å². The zero-order valence-electron chi connectivity index (χ0n) is 12.2. The van der Waals surface area contributed by atoms with Crippen LogP contribution in [0.3, 0.4) is 0 Å². The molecular weight excluding hydrogens is 252 g/mol. The molecule has 1 aromatic carbocycles. The van der Waals surface area contributed by atoms with Gasteiger partial charge in [-0.3, -0.25) is 9.69 Å². The third-order valence-corrected chi connectivity index (χ3v) is 3.77. The summed E-state index contributed by atoms with van der Waals surface area (Å²) in [6, 6.07) is 5.30. The molecule has 0 aliphatic carbocycles. The van der Waals surface area contributed by atoms with Crippen molar-refractivity contribution in [1.82, 2.24) is 4.90 Å². The van der Waals surface area contributed by atoms with Gasteiger partial charge < -0.3 is 10.5 Å². The third kappa shape index (κ3) is 3.97. The van der Waals surface area contributed by atoms with Crippen LogP contribution in [0, 0.1) is 0 Å². The molecule has 1 aromatic rings. The number of carbonyl (C=O) groups excluding carboxylic acids is 1. The summed E-state index contributed by atoms with van der Waals surface area (Å²) < 4.78 is 5.73. The number of anilines is 1. The van der Waals surface area contributed by atoms with Gasteiger partial charge in [0.2, 0.25) is 0 Å². The molecule has 1 fully saturated rings. The quantitative estimate of drug-likeness (QED) is 0.641. The van der Waals surface area contributed by atoms with Crippen LogP contribution >= 0.6 is 0 Å². The van der Waals surface area contributed by atoms with Crippen molar-refractivity contribution in [3.05, 3.63) is 23.8 Å². The number of benzene rings is 1. The first-order valence-corrected chi connectivity index (χ1v) is 7.48. The molecule has 0 bridgehead atoms. The van der Waals surface area contributed by atoms with Crippen LogP contribution in [-0.4, -0.2) is 36.9 Å². The Bertz CT molecular complexity index is 454. The number of likely N-dealkylation sites (tertiary alicyclic amines) is 1. The molecule has 2 rings (SSSR count). The first-order valence-electron chi connectivity index (χ1n) is 7.48. The summed E-state index contributed by atoms with van der Waals surface area (Å²) in [5, 5.41) is 0. The summed E-state index contributed by atoms with van der Waals surface area (Å²) in [5.74, 6) is 0.784. The lowest BCUT2D eigenvalue weighted by Crippen LogP contribution is -2.33. The molecule has 4 nitrogen and oxygen atoms in total. The van der Waals surface area contributed by atoms with Crippen molar-refractivity contribution in [2.24, 2.45) is 0 Å². The molecule has 0 unspecified atom stereocenters. The SMILES string of the molecule is CCC(=O)c1ccc(OCCN2CCCCC2)c(N)c1. The molecule has 2 N–H and O–H groups in total. The van der Waals surface area contributed by atoms with E-state index in [1.807, 2.05) is 6.92 Å². The largest absolute Gasteiger partial charge is 0.490 e. The predicted molar refractivity (Wildman–Crippen MR) is 81.3 cm³/mol. The smallest absolute Gasteiger partial charge is 0.162 e. The minimum absolute atomic E-state index is 0.108. The second-order valence-electron chi connectivity index (χ2n) is 5.28. The van der Waals surface area contributed by atoms with Gasteiger partial charge in [0.25, 0.3) is 0 Å². The minimum atomic E-state index is 0.108. The van der Waals surface area contributed by atoms with Crippen LogP contribution in [0.15, 0.2) is 18.2 Å². The lowest BCUT2D eigenvalue weighted by Gasteiger charge is -2.26. The maximum absolute atomic E-state index is 11.6. The van der Waals surface area contributed by atoms with E-state index in [4.69, 9.17) is 10.5 Å². The van der Waals surface area contributed by atoms with Gasteiger partial charge in [0, 0.05) is 18.5 Å². The number of rotatable bonds is 6. The van der Waals surface area contributed by atoms with Gasteiger partial charge in [-0.1, -0.05) is 13.3 Å². The molecule has 0 spiro atoms. The Labute approximate surface area is 120 Å². The monoisotopic (exact) mass is 276 g/mol. The molecule has 1 aliphatic rings. The van der Waals surface area contributed by atoms with Gasteiger partial charge in [-0.25, -0.2) is 0 Å². The normalized spacial score (nSPS) is 16.1. The zero-order valence-corrected chi connectivity index (χ0v) is 12.2. The molecule has 0 aromatic heterocycles. The van der Waals surface area contributed by atoms with Crippen molar-refractivity contribution >= 4 is 11.5 Å². The van der Waals surface area contributed by atoms with Crippen LogP contribution < -0.4 is 10.5 Å². The second-order valence-corrected chi connectivity index (χ2v) is 5.28. The lowest BCUT2D eigenvalue weighted by molar-refractivity contribution is 0.0988. The Kier molecular flexibility index (Phi) is 5.41. The number of nitrogens with two attached hydrogens (primary N) is 1. The Balaban J connectivity index is 1.84. The van der Waals surface area contributed by atoms with E-state index in [0.717, 1.165) is 6.54 Å². The van der Waals surface area contributed by atoms with Gasteiger partial charge in [0.05, 0.1) is 5.69 Å². The van der Waals surface area contributed by atoms with E-state index < -0.39 is 0 Å². The Morgan fingerprint density at radius 2 is 2.05 bits per heavy atom. The van der Waals surface area contributed by atoms with Gasteiger partial charge in [-0.05, 0) is 44.1 Å². The van der Waals surface area contributed by atoms with Gasteiger partial charge >= 0.3 is 0 Å². The number of nitrogen functional groups attached to an aromatic ring is 1. The molecule has 0 amide bonds. The fourth-order valence-electron chi connectivity index (χ4n) is 2.53. The Morgan fingerprint density at radius 3 is 2.70 bits per heavy atom. The van der Waals surface area contributed by atoms with E-state index in [2.05, 4.69) is 4.90 Å². The highest BCUT2D eigenvalue weighted by Crippen LogP contribution is 2.23. The molecule has 1 heterocycles. The topological polar surface area (TPSA) is 55.6 Å². The minimum Gasteiger partial charge on any atom is -0.490 e. The molecule has 0 atom stereocenters. The summed E-state index contributed by atoms with van der Waals surface area (Å²) in [6.07, 6.45) is 4.41. The summed E-state index contributed by atoms with van der Waals surface area (Å²) in [4.78, 5) is 14.0. The summed E-state index contributed by atoms with van der Waals surface area (Å²) in [5.41, 5.74) is 7.15. The average Bonchev–Trinajstić information content (AvgIpc) is 2.49. The van der Waals surface area contributed by atoms with Gasteiger partial charge in [0.15, 0.2) is 5.78 Å². The summed E-state index contributed by atoms with van der Waals surface area (Å²) >= 11 is 0. The molecule has 0 saturated carbocycles. The molecular formula is C16H24N2O2. The zero-order chi connectivity index (χ0) is 14.4. The van der Waals surface area contributed by atoms with E-state index in [-0.39, 0.29) is 5.78 Å². The first kappa shape index (κ1) is 14.9. The van der Waals surface area contributed by atoms with E-state index in [1.54, 1.807) is 18.2 Å². The van der Waals surface area contributed by atoms with Crippen molar-refractivity contribution in [3.8, 4) is 5.75 Å². The van der Waals surface area contributed by atoms with E-state index >= 15 is 0 Å². The molecule has 20 heavy (non-hydrogen) atoms. The van der Waals surface area contributed by atoms with Crippen LogP contribution in [0.2, 0.25) is 0 Å². The van der Waals surface area contributed by atoms with Crippen LogP contribution in [-0.2, 0) is 0 Å². The number of hydrogen-bond acceptors (Lipinski definition) is 4. The standard InChI is InChI=1S/C16H24N2O2/c1-2-15(19)13-6-7-16(14(17)12-13)20-11-10-18-8-4-3-5-9-18/h6-7,12H,2-5,8-11,17H2,1H3. The van der Waals surface area contributed by atoms with Gasteiger partial charge in [-0.15, -0.1) is 0 Å².